The Balaban J connectivity index is 1.76. The van der Waals surface area contributed by atoms with Crippen LogP contribution in [0.15, 0.2) is 48.5 Å². The smallest absolute Gasteiger partial charge is 0.271 e. The van der Waals surface area contributed by atoms with Crippen LogP contribution in [0.2, 0.25) is 0 Å². The fourth-order valence-corrected chi connectivity index (χ4v) is 3.96. The predicted molar refractivity (Wildman–Crippen MR) is 99.4 cm³/mol. The number of aryl methyl sites for hydroxylation is 1. The second-order valence-corrected chi connectivity index (χ2v) is 6.99. The van der Waals surface area contributed by atoms with E-state index >= 15 is 0 Å². The van der Waals surface area contributed by atoms with E-state index in [0.29, 0.717) is 6.54 Å². The van der Waals surface area contributed by atoms with E-state index in [2.05, 4.69) is 40.7 Å². The molecule has 0 fully saturated rings. The summed E-state index contributed by atoms with van der Waals surface area (Å²) in [5.41, 5.74) is 2.32. The molecule has 0 bridgehead atoms. The Labute approximate surface area is 149 Å². The topological polar surface area (TPSA) is 35.7 Å². The Morgan fingerprint density at radius 1 is 1.04 bits per heavy atom. The highest BCUT2D eigenvalue weighted by molar-refractivity contribution is 5.96. The summed E-state index contributed by atoms with van der Waals surface area (Å²) in [6.07, 6.45) is 3.29. The van der Waals surface area contributed by atoms with Gasteiger partial charge in [-0.1, -0.05) is 17.7 Å². The third-order valence-electron chi connectivity index (χ3n) is 5.38. The third kappa shape index (κ3) is 2.71. The summed E-state index contributed by atoms with van der Waals surface area (Å²) in [5.74, 6) is 2.04. The molecule has 2 heterocycles. The second kappa shape index (κ2) is 6.19. The van der Waals surface area contributed by atoms with E-state index in [9.17, 15) is 5.11 Å². The van der Waals surface area contributed by atoms with Crippen LogP contribution >= 0.6 is 0 Å². The van der Waals surface area contributed by atoms with Gasteiger partial charge in [-0.3, -0.25) is 0 Å². The third-order valence-corrected chi connectivity index (χ3v) is 5.38. The van der Waals surface area contributed by atoms with E-state index in [4.69, 9.17) is 4.74 Å². The lowest BCUT2D eigenvalue weighted by Crippen LogP contribution is -2.41. The standard InChI is InChI=1S/C21H25N2O2/c1-16-6-10-18(11-7-16)22-15-21(24,23-14-4-3-5-20(22)23)17-8-12-19(25-2)13-9-17/h6-13,24H,3-5,14-15H2,1-2H3/q+1/t21-/m1/s1. The highest BCUT2D eigenvalue weighted by atomic mass is 16.5. The highest BCUT2D eigenvalue weighted by Crippen LogP contribution is 2.36. The number of hydrogen-bond acceptors (Lipinski definition) is 3. The molecule has 25 heavy (non-hydrogen) atoms. The zero-order chi connectivity index (χ0) is 17.4. The molecule has 2 aromatic rings. The van der Waals surface area contributed by atoms with Crippen LogP contribution in [-0.4, -0.2) is 35.7 Å². The number of amidine groups is 1. The van der Waals surface area contributed by atoms with Gasteiger partial charge in [-0.15, -0.1) is 0 Å². The molecule has 1 atom stereocenters. The fraction of sp³-hybridized carbons (Fsp3) is 0.381. The van der Waals surface area contributed by atoms with Gasteiger partial charge >= 0.3 is 0 Å². The maximum Gasteiger partial charge on any atom is 0.271 e. The van der Waals surface area contributed by atoms with Gasteiger partial charge in [-0.05, 0) is 56.2 Å². The first-order valence-electron chi connectivity index (χ1n) is 8.96. The lowest BCUT2D eigenvalue weighted by atomic mass is 10.0. The van der Waals surface area contributed by atoms with Gasteiger partial charge in [0.1, 0.15) is 11.4 Å². The number of methoxy groups -OCH3 is 1. The maximum atomic E-state index is 11.6. The molecule has 0 radical (unpaired) electrons. The Morgan fingerprint density at radius 2 is 1.76 bits per heavy atom. The Kier molecular flexibility index (Phi) is 4.00. The Bertz CT molecular complexity index is 796. The summed E-state index contributed by atoms with van der Waals surface area (Å²) in [6.45, 7) is 3.54. The molecule has 2 aliphatic rings. The minimum atomic E-state index is -0.993. The normalized spacial score (nSPS) is 22.9. The maximum absolute atomic E-state index is 11.6. The molecule has 4 rings (SSSR count). The molecule has 0 aliphatic carbocycles. The predicted octanol–water partition coefficient (Wildman–Crippen LogP) is 3.26. The molecule has 130 valence electrons. The van der Waals surface area contributed by atoms with Crippen LogP contribution < -0.4 is 9.64 Å². The van der Waals surface area contributed by atoms with Crippen LogP contribution in [0.5, 0.6) is 5.75 Å². The molecule has 2 aliphatic heterocycles. The quantitative estimate of drug-likeness (QED) is 0.873. The average molecular weight is 337 g/mol. The van der Waals surface area contributed by atoms with Crippen molar-refractivity contribution < 1.29 is 14.4 Å². The van der Waals surface area contributed by atoms with Crippen molar-refractivity contribution in [3.63, 3.8) is 0 Å². The minimum Gasteiger partial charge on any atom is -0.497 e. The lowest BCUT2D eigenvalue weighted by Gasteiger charge is -2.24. The van der Waals surface area contributed by atoms with Crippen LogP contribution in [0.25, 0.3) is 0 Å². The average Bonchev–Trinajstić information content (AvgIpc) is 2.97. The zero-order valence-electron chi connectivity index (χ0n) is 14.9. The van der Waals surface area contributed by atoms with Crippen LogP contribution in [0, 0.1) is 6.92 Å². The van der Waals surface area contributed by atoms with Crippen LogP contribution in [0.3, 0.4) is 0 Å². The van der Waals surface area contributed by atoms with E-state index in [1.54, 1.807) is 7.11 Å². The molecule has 0 saturated heterocycles. The Morgan fingerprint density at radius 3 is 2.44 bits per heavy atom. The molecule has 0 aromatic heterocycles. The van der Waals surface area contributed by atoms with Gasteiger partial charge in [0.05, 0.1) is 13.7 Å². The first-order valence-corrected chi connectivity index (χ1v) is 8.96. The molecule has 0 saturated carbocycles. The number of rotatable bonds is 3. The van der Waals surface area contributed by atoms with Crippen LogP contribution in [0.1, 0.15) is 30.4 Å². The van der Waals surface area contributed by atoms with Gasteiger partial charge in [-0.2, -0.15) is 0 Å². The number of hydrogen-bond donors (Lipinski definition) is 1. The van der Waals surface area contributed by atoms with E-state index < -0.39 is 5.72 Å². The number of anilines is 1. The largest absolute Gasteiger partial charge is 0.497 e. The molecule has 2 aromatic carbocycles. The summed E-state index contributed by atoms with van der Waals surface area (Å²) in [6, 6.07) is 16.4. The summed E-state index contributed by atoms with van der Waals surface area (Å²) in [7, 11) is 1.66. The molecular weight excluding hydrogens is 312 g/mol. The molecule has 0 amide bonds. The van der Waals surface area contributed by atoms with E-state index in [-0.39, 0.29) is 0 Å². The van der Waals surface area contributed by atoms with Crippen molar-refractivity contribution in [3.8, 4) is 5.75 Å². The van der Waals surface area contributed by atoms with Crippen molar-refractivity contribution in [2.75, 3.05) is 25.1 Å². The molecule has 0 unspecified atom stereocenters. The second-order valence-electron chi connectivity index (χ2n) is 6.99. The molecule has 1 N–H and O–H groups in total. The molecule has 0 spiro atoms. The van der Waals surface area contributed by atoms with Crippen molar-refractivity contribution in [2.45, 2.75) is 31.9 Å². The van der Waals surface area contributed by atoms with Gasteiger partial charge in [-0.25, -0.2) is 9.48 Å². The summed E-state index contributed by atoms with van der Waals surface area (Å²) < 4.78 is 7.45. The van der Waals surface area contributed by atoms with E-state index in [0.717, 1.165) is 36.4 Å². The number of ether oxygens (including phenoxy) is 1. The van der Waals surface area contributed by atoms with Crippen molar-refractivity contribution in [2.24, 2.45) is 0 Å². The summed E-state index contributed by atoms with van der Waals surface area (Å²) >= 11 is 0. The molecule has 4 nitrogen and oxygen atoms in total. The van der Waals surface area contributed by atoms with Crippen molar-refractivity contribution >= 4 is 11.5 Å². The Hall–Kier alpha value is -2.33. The number of benzene rings is 2. The first kappa shape index (κ1) is 16.2. The van der Waals surface area contributed by atoms with Gasteiger partial charge in [0.15, 0.2) is 6.54 Å². The number of aliphatic hydroxyl groups is 1. The van der Waals surface area contributed by atoms with Gasteiger partial charge in [0, 0.05) is 12.0 Å². The fourth-order valence-electron chi connectivity index (χ4n) is 3.96. The van der Waals surface area contributed by atoms with Gasteiger partial charge in [0.25, 0.3) is 11.6 Å². The summed E-state index contributed by atoms with van der Waals surface area (Å²) in [4.78, 5) is 2.28. The van der Waals surface area contributed by atoms with Crippen LogP contribution in [0.4, 0.5) is 5.69 Å². The molecular formula is C21H25N2O2+. The molecule has 4 heteroatoms. The monoisotopic (exact) mass is 337 g/mol. The summed E-state index contributed by atoms with van der Waals surface area (Å²) in [5, 5.41) is 11.6. The SMILES string of the molecule is COc1ccc([C@]2(O)CN(c3ccc(C)cc3)C3=[N+]2CCCC3)cc1. The van der Waals surface area contributed by atoms with Gasteiger partial charge in [0.2, 0.25) is 0 Å². The van der Waals surface area contributed by atoms with Crippen LogP contribution in [-0.2, 0) is 5.72 Å². The lowest BCUT2D eigenvalue weighted by molar-refractivity contribution is -0.661. The number of nitrogens with zero attached hydrogens (tertiary/aromatic N) is 2. The first-order chi connectivity index (χ1) is 12.1. The zero-order valence-corrected chi connectivity index (χ0v) is 14.9. The van der Waals surface area contributed by atoms with Crippen molar-refractivity contribution in [1.82, 2.24) is 0 Å². The van der Waals surface area contributed by atoms with Gasteiger partial charge < -0.3 is 9.84 Å². The van der Waals surface area contributed by atoms with E-state index in [1.165, 1.54) is 17.8 Å². The highest BCUT2D eigenvalue weighted by Gasteiger charge is 2.52. The number of β-amino-alcohol motifs (C(OH)–C–C–N with tert-alkyl or cyclic N) is 1. The van der Waals surface area contributed by atoms with E-state index in [1.807, 2.05) is 24.3 Å². The minimum absolute atomic E-state index is 0.553. The van der Waals surface area contributed by atoms with Crippen molar-refractivity contribution in [1.29, 1.82) is 0 Å². The van der Waals surface area contributed by atoms with Crippen molar-refractivity contribution in [3.05, 3.63) is 59.7 Å².